The Bertz CT molecular complexity index is 1190. The number of nitrogens with two attached hydrogens (primary N) is 1. The summed E-state index contributed by atoms with van der Waals surface area (Å²) in [5, 5.41) is 17.7. The minimum Gasteiger partial charge on any atom is -0.394 e. The summed E-state index contributed by atoms with van der Waals surface area (Å²) in [5.74, 6) is -0.598. The normalized spacial score (nSPS) is 13.1. The van der Waals surface area contributed by atoms with Crippen molar-refractivity contribution in [2.45, 2.75) is 25.7 Å². The molecule has 0 saturated carbocycles. The molecule has 2 aromatic carbocycles. The third kappa shape index (κ3) is 4.64. The first-order chi connectivity index (χ1) is 15.6. The highest BCUT2D eigenvalue weighted by molar-refractivity contribution is 6.02. The molecular weight excluding hydrogens is 404 g/mol. The minimum absolute atomic E-state index is 0.186. The van der Waals surface area contributed by atoms with E-state index in [1.807, 2.05) is 79.9 Å². The Labute approximate surface area is 186 Å². The number of amides is 1. The minimum atomic E-state index is -0.598. The Balaban J connectivity index is 1.64. The molecule has 4 rings (SSSR count). The van der Waals surface area contributed by atoms with Crippen LogP contribution < -0.4 is 11.1 Å². The number of anilines is 1. The van der Waals surface area contributed by atoms with Crippen LogP contribution in [0.3, 0.4) is 0 Å². The topological polar surface area (TPSA) is 102 Å². The van der Waals surface area contributed by atoms with Gasteiger partial charge < -0.3 is 20.9 Å². The number of primary amides is 1. The number of carbonyl (C=O) groups is 1. The standard InChI is InChI=1S/C25H26N4O3/c1-17(32-16-18-8-4-2-5-9-18)22(15-30)28-24-21(25(26)31)13-27-29-14-20(12-23(24)29)19-10-6-3-7-11-19/h2-14,17,22,28,30H,15-16H2,1H3,(H2,26,31)/t17-,22-/m1/s1. The van der Waals surface area contributed by atoms with E-state index in [1.54, 1.807) is 4.52 Å². The zero-order valence-electron chi connectivity index (χ0n) is 17.8. The number of rotatable bonds is 9. The van der Waals surface area contributed by atoms with Crippen molar-refractivity contribution < 1.29 is 14.6 Å². The van der Waals surface area contributed by atoms with E-state index in [1.165, 1.54) is 6.20 Å². The average molecular weight is 431 g/mol. The number of ether oxygens (including phenoxy) is 1. The predicted octanol–water partition coefficient (Wildman–Crippen LogP) is 3.48. The van der Waals surface area contributed by atoms with Crippen LogP contribution in [-0.2, 0) is 11.3 Å². The molecule has 2 heterocycles. The summed E-state index contributed by atoms with van der Waals surface area (Å²) in [4.78, 5) is 12.1. The van der Waals surface area contributed by atoms with E-state index in [2.05, 4.69) is 10.4 Å². The van der Waals surface area contributed by atoms with Crippen LogP contribution >= 0.6 is 0 Å². The summed E-state index contributed by atoms with van der Waals surface area (Å²) in [5.41, 5.74) is 10.1. The number of hydrogen-bond donors (Lipinski definition) is 3. The van der Waals surface area contributed by atoms with Gasteiger partial charge in [0.1, 0.15) is 0 Å². The lowest BCUT2D eigenvalue weighted by atomic mass is 10.1. The fourth-order valence-electron chi connectivity index (χ4n) is 3.60. The first-order valence-corrected chi connectivity index (χ1v) is 10.5. The third-order valence-corrected chi connectivity index (χ3v) is 5.46. The zero-order valence-corrected chi connectivity index (χ0v) is 17.8. The molecule has 0 spiro atoms. The second kappa shape index (κ2) is 9.64. The largest absolute Gasteiger partial charge is 0.394 e. The molecule has 164 valence electrons. The van der Waals surface area contributed by atoms with Crippen LogP contribution in [0.2, 0.25) is 0 Å². The Kier molecular flexibility index (Phi) is 6.49. The second-order valence-electron chi connectivity index (χ2n) is 7.66. The van der Waals surface area contributed by atoms with E-state index in [0.717, 1.165) is 16.7 Å². The molecule has 0 unspecified atom stereocenters. The Morgan fingerprint density at radius 3 is 2.47 bits per heavy atom. The summed E-state index contributed by atoms with van der Waals surface area (Å²) in [6.07, 6.45) is 3.00. The number of fused-ring (bicyclic) bond motifs is 1. The van der Waals surface area contributed by atoms with Gasteiger partial charge in [-0.15, -0.1) is 0 Å². The van der Waals surface area contributed by atoms with Crippen molar-refractivity contribution in [1.29, 1.82) is 0 Å². The SMILES string of the molecule is C[C@@H](OCc1ccccc1)[C@@H](CO)Nc1c(C(N)=O)cnn2cc(-c3ccccc3)cc12. The van der Waals surface area contributed by atoms with Gasteiger partial charge in [0.25, 0.3) is 5.91 Å². The maximum Gasteiger partial charge on any atom is 0.252 e. The summed E-state index contributed by atoms with van der Waals surface area (Å²) in [6, 6.07) is 21.2. The van der Waals surface area contributed by atoms with E-state index in [0.29, 0.717) is 17.8 Å². The molecule has 0 radical (unpaired) electrons. The summed E-state index contributed by atoms with van der Waals surface area (Å²) in [6.45, 7) is 2.11. The van der Waals surface area contributed by atoms with Crippen molar-refractivity contribution >= 4 is 17.1 Å². The number of aromatic nitrogens is 2. The lowest BCUT2D eigenvalue weighted by molar-refractivity contribution is 0.0276. The van der Waals surface area contributed by atoms with Crippen molar-refractivity contribution in [1.82, 2.24) is 9.61 Å². The van der Waals surface area contributed by atoms with E-state index in [-0.39, 0.29) is 18.3 Å². The number of aliphatic hydroxyl groups is 1. The molecule has 0 fully saturated rings. The Morgan fingerprint density at radius 1 is 1.12 bits per heavy atom. The molecule has 0 saturated heterocycles. The van der Waals surface area contributed by atoms with Gasteiger partial charge in [-0.25, -0.2) is 4.52 Å². The van der Waals surface area contributed by atoms with E-state index in [9.17, 15) is 9.90 Å². The molecular formula is C25H26N4O3. The predicted molar refractivity (Wildman–Crippen MR) is 124 cm³/mol. The van der Waals surface area contributed by atoms with Gasteiger partial charge >= 0.3 is 0 Å². The average Bonchev–Trinajstić information content (AvgIpc) is 3.27. The van der Waals surface area contributed by atoms with Gasteiger partial charge in [-0.2, -0.15) is 5.10 Å². The molecule has 0 aliphatic heterocycles. The second-order valence-corrected chi connectivity index (χ2v) is 7.66. The first-order valence-electron chi connectivity index (χ1n) is 10.5. The van der Waals surface area contributed by atoms with Gasteiger partial charge in [0.15, 0.2) is 0 Å². The Morgan fingerprint density at radius 2 is 1.81 bits per heavy atom. The van der Waals surface area contributed by atoms with Gasteiger partial charge in [0, 0.05) is 11.8 Å². The van der Waals surface area contributed by atoms with Crippen LogP contribution in [0.5, 0.6) is 0 Å². The van der Waals surface area contributed by atoms with Gasteiger partial charge in [-0.1, -0.05) is 60.7 Å². The van der Waals surface area contributed by atoms with E-state index in [4.69, 9.17) is 10.5 Å². The fraction of sp³-hybridized carbons (Fsp3) is 0.200. The number of carbonyl (C=O) groups excluding carboxylic acids is 1. The van der Waals surface area contributed by atoms with Crippen molar-refractivity contribution in [3.8, 4) is 11.1 Å². The quantitative estimate of drug-likeness (QED) is 0.377. The summed E-state index contributed by atoms with van der Waals surface area (Å²) in [7, 11) is 0. The highest BCUT2D eigenvalue weighted by atomic mass is 16.5. The number of nitrogens with one attached hydrogen (secondary N) is 1. The molecule has 1 amide bonds. The molecule has 7 nitrogen and oxygen atoms in total. The monoisotopic (exact) mass is 430 g/mol. The number of aliphatic hydroxyl groups excluding tert-OH is 1. The molecule has 0 aliphatic rings. The summed E-state index contributed by atoms with van der Waals surface area (Å²) >= 11 is 0. The highest BCUT2D eigenvalue weighted by Crippen LogP contribution is 2.29. The lowest BCUT2D eigenvalue weighted by Crippen LogP contribution is -2.37. The van der Waals surface area contributed by atoms with E-state index < -0.39 is 11.9 Å². The van der Waals surface area contributed by atoms with Crippen molar-refractivity contribution in [2.24, 2.45) is 5.73 Å². The van der Waals surface area contributed by atoms with Crippen LogP contribution in [0.4, 0.5) is 5.69 Å². The molecule has 7 heteroatoms. The maximum atomic E-state index is 12.1. The molecule has 2 aromatic heterocycles. The molecule has 4 aromatic rings. The first kappa shape index (κ1) is 21.5. The number of hydrogen-bond acceptors (Lipinski definition) is 5. The maximum absolute atomic E-state index is 12.1. The van der Waals surface area contributed by atoms with E-state index >= 15 is 0 Å². The van der Waals surface area contributed by atoms with Crippen LogP contribution in [0.1, 0.15) is 22.8 Å². The molecule has 0 aliphatic carbocycles. The zero-order chi connectivity index (χ0) is 22.5. The van der Waals surface area contributed by atoms with Gasteiger partial charge in [0.2, 0.25) is 0 Å². The van der Waals surface area contributed by atoms with Crippen molar-refractivity contribution in [3.63, 3.8) is 0 Å². The van der Waals surface area contributed by atoms with Crippen LogP contribution in [0, 0.1) is 0 Å². The molecule has 32 heavy (non-hydrogen) atoms. The van der Waals surface area contributed by atoms with Crippen LogP contribution in [-0.4, -0.2) is 39.4 Å². The fourth-order valence-corrected chi connectivity index (χ4v) is 3.60. The summed E-state index contributed by atoms with van der Waals surface area (Å²) < 4.78 is 7.67. The Hall–Kier alpha value is -3.68. The number of nitrogens with zero attached hydrogens (tertiary/aromatic N) is 2. The van der Waals surface area contributed by atoms with Gasteiger partial charge in [-0.3, -0.25) is 4.79 Å². The van der Waals surface area contributed by atoms with Gasteiger partial charge in [0.05, 0.1) is 48.3 Å². The highest BCUT2D eigenvalue weighted by Gasteiger charge is 2.22. The smallest absolute Gasteiger partial charge is 0.252 e. The molecule has 2 atom stereocenters. The lowest BCUT2D eigenvalue weighted by Gasteiger charge is -2.26. The van der Waals surface area contributed by atoms with Crippen molar-refractivity contribution in [2.75, 3.05) is 11.9 Å². The number of benzene rings is 2. The molecule has 0 bridgehead atoms. The third-order valence-electron chi connectivity index (χ3n) is 5.46. The molecule has 4 N–H and O–H groups in total. The van der Waals surface area contributed by atoms with Crippen molar-refractivity contribution in [3.05, 3.63) is 90.3 Å². The van der Waals surface area contributed by atoms with Crippen LogP contribution in [0.15, 0.2) is 79.1 Å². The van der Waals surface area contributed by atoms with Gasteiger partial charge in [-0.05, 0) is 24.1 Å². The van der Waals surface area contributed by atoms with Crippen LogP contribution in [0.25, 0.3) is 16.6 Å².